The van der Waals surface area contributed by atoms with Crippen molar-refractivity contribution >= 4 is 16.8 Å². The smallest absolute Gasteiger partial charge is 0.240 e. The fourth-order valence-corrected chi connectivity index (χ4v) is 4.51. The summed E-state index contributed by atoms with van der Waals surface area (Å²) in [5.41, 5.74) is 3.28. The zero-order valence-corrected chi connectivity index (χ0v) is 18.6. The van der Waals surface area contributed by atoms with Crippen LogP contribution in [-0.4, -0.2) is 54.3 Å². The zero-order chi connectivity index (χ0) is 21.6. The number of rotatable bonds is 8. The minimum atomic E-state index is 0.0561. The molecule has 2 aromatic carbocycles. The first-order valence-electron chi connectivity index (χ1n) is 11.3. The third-order valence-corrected chi connectivity index (χ3v) is 6.02. The fraction of sp³-hybridized carbons (Fsp3) is 0.423. The average Bonchev–Trinajstić information content (AvgIpc) is 3.16. The SMILES string of the molecule is CC(C)CC(CNC(=O)Cn1c(-c2ccccc2)cc2ccccc21)N1CCOCC1. The van der Waals surface area contributed by atoms with Gasteiger partial charge in [-0.3, -0.25) is 9.69 Å². The summed E-state index contributed by atoms with van der Waals surface area (Å²) >= 11 is 0. The molecule has 0 radical (unpaired) electrons. The largest absolute Gasteiger partial charge is 0.379 e. The molecule has 1 aromatic heterocycles. The molecule has 1 aliphatic heterocycles. The number of morpholine rings is 1. The molecule has 31 heavy (non-hydrogen) atoms. The van der Waals surface area contributed by atoms with Crippen molar-refractivity contribution in [3.05, 3.63) is 60.7 Å². The third-order valence-electron chi connectivity index (χ3n) is 6.02. The normalized spacial score (nSPS) is 16.0. The Balaban J connectivity index is 1.50. The van der Waals surface area contributed by atoms with Crippen molar-refractivity contribution in [1.29, 1.82) is 0 Å². The third kappa shape index (κ3) is 5.35. The zero-order valence-electron chi connectivity index (χ0n) is 18.6. The van der Waals surface area contributed by atoms with Crippen molar-refractivity contribution in [2.75, 3.05) is 32.8 Å². The van der Waals surface area contributed by atoms with Crippen LogP contribution >= 0.6 is 0 Å². The lowest BCUT2D eigenvalue weighted by Gasteiger charge is -2.35. The van der Waals surface area contributed by atoms with Crippen molar-refractivity contribution in [1.82, 2.24) is 14.8 Å². The number of fused-ring (bicyclic) bond motifs is 1. The summed E-state index contributed by atoms with van der Waals surface area (Å²) in [6.07, 6.45) is 1.07. The minimum Gasteiger partial charge on any atom is -0.379 e. The summed E-state index contributed by atoms with van der Waals surface area (Å²) in [5, 5.41) is 4.38. The van der Waals surface area contributed by atoms with E-state index < -0.39 is 0 Å². The molecule has 1 unspecified atom stereocenters. The number of benzene rings is 2. The number of hydrogen-bond acceptors (Lipinski definition) is 3. The van der Waals surface area contributed by atoms with Crippen molar-refractivity contribution in [2.45, 2.75) is 32.9 Å². The number of carbonyl (C=O) groups is 1. The number of para-hydroxylation sites is 1. The molecule has 0 saturated carbocycles. The molecule has 1 N–H and O–H groups in total. The summed E-state index contributed by atoms with van der Waals surface area (Å²) in [5.74, 6) is 0.642. The number of ether oxygens (including phenoxy) is 1. The Morgan fingerprint density at radius 3 is 2.48 bits per heavy atom. The molecular formula is C26H33N3O2. The predicted molar refractivity (Wildman–Crippen MR) is 126 cm³/mol. The van der Waals surface area contributed by atoms with E-state index in [1.165, 1.54) is 0 Å². The van der Waals surface area contributed by atoms with Crippen LogP contribution in [0.15, 0.2) is 60.7 Å². The summed E-state index contributed by atoms with van der Waals surface area (Å²) in [6, 6.07) is 21.1. The van der Waals surface area contributed by atoms with Crippen molar-refractivity contribution in [2.24, 2.45) is 5.92 Å². The molecule has 1 fully saturated rings. The van der Waals surface area contributed by atoms with Crippen LogP contribution in [0.2, 0.25) is 0 Å². The van der Waals surface area contributed by atoms with Gasteiger partial charge in [0.15, 0.2) is 0 Å². The highest BCUT2D eigenvalue weighted by Crippen LogP contribution is 2.28. The molecule has 4 rings (SSSR count). The van der Waals surface area contributed by atoms with E-state index in [2.05, 4.69) is 59.0 Å². The van der Waals surface area contributed by atoms with Crippen LogP contribution in [0.3, 0.4) is 0 Å². The summed E-state index contributed by atoms with van der Waals surface area (Å²) in [4.78, 5) is 15.5. The lowest BCUT2D eigenvalue weighted by Crippen LogP contribution is -2.49. The molecule has 5 nitrogen and oxygen atoms in total. The van der Waals surface area contributed by atoms with Gasteiger partial charge in [-0.2, -0.15) is 0 Å². The Hall–Kier alpha value is -2.63. The first-order chi connectivity index (χ1) is 15.1. The standard InChI is InChI=1S/C26H33N3O2/c1-20(2)16-23(28-12-14-31-15-13-28)18-27-26(30)19-29-24-11-7-6-10-22(24)17-25(29)21-8-4-3-5-9-21/h3-11,17,20,23H,12-16,18-19H2,1-2H3,(H,27,30). The maximum atomic E-state index is 13.0. The number of nitrogens with one attached hydrogen (secondary N) is 1. The monoisotopic (exact) mass is 419 g/mol. The van der Waals surface area contributed by atoms with Crippen molar-refractivity contribution < 1.29 is 9.53 Å². The number of amides is 1. The van der Waals surface area contributed by atoms with E-state index in [1.54, 1.807) is 0 Å². The first-order valence-corrected chi connectivity index (χ1v) is 11.3. The van der Waals surface area contributed by atoms with E-state index in [-0.39, 0.29) is 5.91 Å². The van der Waals surface area contributed by atoms with E-state index >= 15 is 0 Å². The van der Waals surface area contributed by atoms with Gasteiger partial charge >= 0.3 is 0 Å². The highest BCUT2D eigenvalue weighted by molar-refractivity contribution is 5.89. The van der Waals surface area contributed by atoms with Gasteiger partial charge in [0.1, 0.15) is 6.54 Å². The molecule has 1 saturated heterocycles. The van der Waals surface area contributed by atoms with E-state index in [9.17, 15) is 4.79 Å². The molecule has 1 amide bonds. The molecule has 1 atom stereocenters. The average molecular weight is 420 g/mol. The molecule has 3 aromatic rings. The lowest BCUT2D eigenvalue weighted by molar-refractivity contribution is -0.122. The van der Waals surface area contributed by atoms with Gasteiger partial charge in [-0.1, -0.05) is 62.4 Å². The molecule has 0 spiro atoms. The second-order valence-electron chi connectivity index (χ2n) is 8.78. The van der Waals surface area contributed by atoms with Crippen LogP contribution in [-0.2, 0) is 16.1 Å². The number of hydrogen-bond donors (Lipinski definition) is 1. The Labute approximate surface area is 185 Å². The van der Waals surface area contributed by atoms with Crippen LogP contribution in [0.1, 0.15) is 20.3 Å². The maximum Gasteiger partial charge on any atom is 0.240 e. The second-order valence-corrected chi connectivity index (χ2v) is 8.78. The second kappa shape index (κ2) is 10.1. The molecule has 164 valence electrons. The Morgan fingerprint density at radius 1 is 1.03 bits per heavy atom. The van der Waals surface area contributed by atoms with Gasteiger partial charge in [0.25, 0.3) is 0 Å². The van der Waals surface area contributed by atoms with E-state index in [4.69, 9.17) is 4.74 Å². The Bertz CT molecular complexity index is 990. The van der Waals surface area contributed by atoms with Crippen LogP contribution < -0.4 is 5.32 Å². The van der Waals surface area contributed by atoms with Gasteiger partial charge in [-0.15, -0.1) is 0 Å². The van der Waals surface area contributed by atoms with Gasteiger partial charge in [0.05, 0.1) is 13.2 Å². The Kier molecular flexibility index (Phi) is 7.05. The van der Waals surface area contributed by atoms with E-state index in [1.807, 2.05) is 30.3 Å². The van der Waals surface area contributed by atoms with Gasteiger partial charge in [0.2, 0.25) is 5.91 Å². The molecule has 1 aliphatic rings. The topological polar surface area (TPSA) is 46.5 Å². The highest BCUT2D eigenvalue weighted by Gasteiger charge is 2.23. The van der Waals surface area contributed by atoms with Crippen LogP contribution in [0.25, 0.3) is 22.2 Å². The number of aromatic nitrogens is 1. The summed E-state index contributed by atoms with van der Waals surface area (Å²) in [7, 11) is 0. The van der Waals surface area contributed by atoms with E-state index in [0.29, 0.717) is 25.0 Å². The van der Waals surface area contributed by atoms with Gasteiger partial charge < -0.3 is 14.6 Å². The summed E-state index contributed by atoms with van der Waals surface area (Å²) < 4.78 is 7.65. The van der Waals surface area contributed by atoms with Gasteiger partial charge in [-0.25, -0.2) is 0 Å². The number of nitrogens with zero attached hydrogens (tertiary/aromatic N) is 2. The van der Waals surface area contributed by atoms with Crippen molar-refractivity contribution in [3.63, 3.8) is 0 Å². The molecule has 2 heterocycles. The van der Waals surface area contributed by atoms with E-state index in [0.717, 1.165) is 54.9 Å². The minimum absolute atomic E-state index is 0.0561. The highest BCUT2D eigenvalue weighted by atomic mass is 16.5. The van der Waals surface area contributed by atoms with Crippen LogP contribution in [0.4, 0.5) is 0 Å². The maximum absolute atomic E-state index is 13.0. The first kappa shape index (κ1) is 21.6. The van der Waals surface area contributed by atoms with Gasteiger partial charge in [0, 0.05) is 42.3 Å². The summed E-state index contributed by atoms with van der Waals surface area (Å²) in [6.45, 7) is 8.91. The van der Waals surface area contributed by atoms with Crippen molar-refractivity contribution in [3.8, 4) is 11.3 Å². The van der Waals surface area contributed by atoms with Gasteiger partial charge in [-0.05, 0) is 30.0 Å². The van der Waals surface area contributed by atoms with Crippen LogP contribution in [0.5, 0.6) is 0 Å². The predicted octanol–water partition coefficient (Wildman–Crippen LogP) is 4.17. The molecule has 0 aliphatic carbocycles. The number of carbonyl (C=O) groups excluding carboxylic acids is 1. The fourth-order valence-electron chi connectivity index (χ4n) is 4.51. The molecule has 0 bridgehead atoms. The van der Waals surface area contributed by atoms with Crippen LogP contribution in [0, 0.1) is 5.92 Å². The molecular weight excluding hydrogens is 386 g/mol. The Morgan fingerprint density at radius 2 is 1.74 bits per heavy atom. The quantitative estimate of drug-likeness (QED) is 0.596. The lowest BCUT2D eigenvalue weighted by atomic mass is 10.0. The molecule has 5 heteroatoms.